The van der Waals surface area contributed by atoms with Crippen LogP contribution in [0.5, 0.6) is 5.75 Å². The summed E-state index contributed by atoms with van der Waals surface area (Å²) in [4.78, 5) is 11.2. The zero-order chi connectivity index (χ0) is 12.3. The maximum atomic E-state index is 12.1. The molecule has 0 aromatic heterocycles. The molecule has 0 N–H and O–H groups in total. The van der Waals surface area contributed by atoms with Crippen LogP contribution in [0.4, 0.5) is 8.78 Å². The normalized spacial score (nSPS) is 10.0. The van der Waals surface area contributed by atoms with Gasteiger partial charge in [-0.15, -0.1) is 0 Å². The first kappa shape index (κ1) is 12.1. The number of carbonyl (C=O) groups is 1. The lowest BCUT2D eigenvalue weighted by Gasteiger charge is -2.11. The fourth-order valence-corrected chi connectivity index (χ4v) is 1.40. The molecule has 0 radical (unpaired) electrons. The number of nitriles is 1. The van der Waals surface area contributed by atoms with Gasteiger partial charge in [-0.05, 0) is 26.0 Å². The molecule has 5 heteroatoms. The van der Waals surface area contributed by atoms with E-state index in [1.807, 2.05) is 0 Å². The second-order valence-corrected chi connectivity index (χ2v) is 3.16. The van der Waals surface area contributed by atoms with Gasteiger partial charge < -0.3 is 4.74 Å². The minimum Gasteiger partial charge on any atom is -0.433 e. The summed E-state index contributed by atoms with van der Waals surface area (Å²) in [5.41, 5.74) is 0.518. The molecule has 0 unspecified atom stereocenters. The molecule has 0 fully saturated rings. The van der Waals surface area contributed by atoms with Gasteiger partial charge in [0.15, 0.2) is 5.78 Å². The van der Waals surface area contributed by atoms with Crippen molar-refractivity contribution in [1.29, 1.82) is 5.26 Å². The maximum Gasteiger partial charge on any atom is 0.387 e. The Labute approximate surface area is 91.3 Å². The minimum atomic E-state index is -3.02. The fraction of sp³-hybridized carbons (Fsp3) is 0.273. The second-order valence-electron chi connectivity index (χ2n) is 3.16. The van der Waals surface area contributed by atoms with E-state index in [0.29, 0.717) is 0 Å². The summed E-state index contributed by atoms with van der Waals surface area (Å²) in [5, 5.41) is 8.73. The van der Waals surface area contributed by atoms with Crippen LogP contribution in [0.15, 0.2) is 12.1 Å². The van der Waals surface area contributed by atoms with Gasteiger partial charge in [0.05, 0.1) is 5.56 Å². The molecule has 1 aromatic carbocycles. The average Bonchev–Trinajstić information content (AvgIpc) is 2.19. The van der Waals surface area contributed by atoms with E-state index in [2.05, 4.69) is 4.74 Å². The third-order valence-electron chi connectivity index (χ3n) is 2.11. The number of hydrogen-bond donors (Lipinski definition) is 0. The molecule has 0 aliphatic heterocycles. The van der Waals surface area contributed by atoms with Crippen LogP contribution in [0.1, 0.15) is 28.4 Å². The number of Topliss-reactive ketones (excluding diaryl/α,β-unsaturated/α-hetero) is 1. The lowest BCUT2D eigenvalue weighted by Crippen LogP contribution is -2.08. The van der Waals surface area contributed by atoms with Crippen molar-refractivity contribution in [2.45, 2.75) is 20.5 Å². The first-order valence-corrected chi connectivity index (χ1v) is 4.46. The molecule has 0 saturated carbocycles. The minimum absolute atomic E-state index is 0.0113. The van der Waals surface area contributed by atoms with Crippen molar-refractivity contribution < 1.29 is 18.3 Å². The molecular weight excluding hydrogens is 216 g/mol. The molecule has 1 rings (SSSR count). The summed E-state index contributed by atoms with van der Waals surface area (Å²) in [5.74, 6) is -0.494. The van der Waals surface area contributed by atoms with Gasteiger partial charge in [-0.3, -0.25) is 4.79 Å². The van der Waals surface area contributed by atoms with Crippen molar-refractivity contribution in [2.75, 3.05) is 0 Å². The molecule has 1 aromatic rings. The van der Waals surface area contributed by atoms with Crippen LogP contribution in [-0.4, -0.2) is 12.4 Å². The van der Waals surface area contributed by atoms with Gasteiger partial charge in [-0.1, -0.05) is 0 Å². The number of ether oxygens (including phenoxy) is 1. The number of nitrogens with zero attached hydrogens (tertiary/aromatic N) is 1. The van der Waals surface area contributed by atoms with Crippen LogP contribution in [-0.2, 0) is 0 Å². The van der Waals surface area contributed by atoms with Gasteiger partial charge in [0, 0.05) is 11.1 Å². The molecule has 0 aliphatic rings. The summed E-state index contributed by atoms with van der Waals surface area (Å²) >= 11 is 0. The van der Waals surface area contributed by atoms with Gasteiger partial charge in [0.1, 0.15) is 11.8 Å². The highest BCUT2D eigenvalue weighted by molar-refractivity contribution is 5.96. The van der Waals surface area contributed by atoms with Crippen molar-refractivity contribution in [1.82, 2.24) is 0 Å². The van der Waals surface area contributed by atoms with E-state index in [9.17, 15) is 13.6 Å². The SMILES string of the molecule is CC(=O)c1ccc(C#N)c(OC(F)F)c1C. The van der Waals surface area contributed by atoms with Gasteiger partial charge in [-0.25, -0.2) is 0 Å². The van der Waals surface area contributed by atoms with Gasteiger partial charge in [0.2, 0.25) is 0 Å². The van der Waals surface area contributed by atoms with Gasteiger partial charge in [-0.2, -0.15) is 14.0 Å². The molecule has 0 atom stereocenters. The largest absolute Gasteiger partial charge is 0.433 e. The Kier molecular flexibility index (Phi) is 3.56. The van der Waals surface area contributed by atoms with Gasteiger partial charge in [0.25, 0.3) is 0 Å². The van der Waals surface area contributed by atoms with Crippen molar-refractivity contribution >= 4 is 5.78 Å². The van der Waals surface area contributed by atoms with Crippen molar-refractivity contribution in [3.8, 4) is 11.8 Å². The van der Waals surface area contributed by atoms with Crippen LogP contribution in [0, 0.1) is 18.3 Å². The summed E-state index contributed by atoms with van der Waals surface area (Å²) < 4.78 is 28.5. The quantitative estimate of drug-likeness (QED) is 0.743. The molecule has 0 heterocycles. The van der Waals surface area contributed by atoms with Crippen molar-refractivity contribution in [2.24, 2.45) is 0 Å². The summed E-state index contributed by atoms with van der Waals surface area (Å²) in [6.07, 6.45) is 0. The highest BCUT2D eigenvalue weighted by Crippen LogP contribution is 2.28. The average molecular weight is 225 g/mol. The zero-order valence-electron chi connectivity index (χ0n) is 8.75. The van der Waals surface area contributed by atoms with Crippen molar-refractivity contribution in [3.05, 3.63) is 28.8 Å². The number of ketones is 1. The number of carbonyl (C=O) groups excluding carboxylic acids is 1. The molecule has 3 nitrogen and oxygen atoms in total. The van der Waals surface area contributed by atoms with E-state index in [1.54, 1.807) is 6.07 Å². The Bertz CT molecular complexity index is 464. The highest BCUT2D eigenvalue weighted by atomic mass is 19.3. The van der Waals surface area contributed by atoms with E-state index >= 15 is 0 Å². The zero-order valence-corrected chi connectivity index (χ0v) is 8.75. The molecule has 0 spiro atoms. The second kappa shape index (κ2) is 4.71. The van der Waals surface area contributed by atoms with E-state index in [1.165, 1.54) is 26.0 Å². The molecule has 0 bridgehead atoms. The molecule has 84 valence electrons. The van der Waals surface area contributed by atoms with E-state index in [0.717, 1.165) is 0 Å². The maximum absolute atomic E-state index is 12.1. The summed E-state index contributed by atoms with van der Waals surface area (Å²) in [6, 6.07) is 4.46. The Morgan fingerprint density at radius 1 is 1.50 bits per heavy atom. The first-order chi connectivity index (χ1) is 7.47. The van der Waals surface area contributed by atoms with Crippen LogP contribution < -0.4 is 4.74 Å². The Morgan fingerprint density at radius 3 is 2.56 bits per heavy atom. The van der Waals surface area contributed by atoms with Crippen LogP contribution in [0.2, 0.25) is 0 Å². The Morgan fingerprint density at radius 2 is 2.12 bits per heavy atom. The number of hydrogen-bond acceptors (Lipinski definition) is 3. The molecule has 16 heavy (non-hydrogen) atoms. The first-order valence-electron chi connectivity index (χ1n) is 4.46. The van der Waals surface area contributed by atoms with Crippen LogP contribution in [0.25, 0.3) is 0 Å². The standard InChI is InChI=1S/C11H9F2NO2/c1-6-9(7(2)15)4-3-8(5-14)10(6)16-11(12)13/h3-4,11H,1-2H3. The molecule has 0 saturated heterocycles. The number of alkyl halides is 2. The molecule has 0 aliphatic carbocycles. The Hall–Kier alpha value is -1.96. The third-order valence-corrected chi connectivity index (χ3v) is 2.11. The number of rotatable bonds is 3. The van der Waals surface area contributed by atoms with E-state index in [-0.39, 0.29) is 28.2 Å². The molecular formula is C11H9F2NO2. The fourth-order valence-electron chi connectivity index (χ4n) is 1.40. The highest BCUT2D eigenvalue weighted by Gasteiger charge is 2.16. The predicted octanol–water partition coefficient (Wildman–Crippen LogP) is 2.67. The molecule has 0 amide bonds. The lowest BCUT2D eigenvalue weighted by atomic mass is 10.0. The number of halogens is 2. The van der Waals surface area contributed by atoms with Crippen LogP contribution >= 0.6 is 0 Å². The smallest absolute Gasteiger partial charge is 0.387 e. The van der Waals surface area contributed by atoms with E-state index in [4.69, 9.17) is 5.26 Å². The monoisotopic (exact) mass is 225 g/mol. The predicted molar refractivity (Wildman–Crippen MR) is 52.5 cm³/mol. The van der Waals surface area contributed by atoms with Crippen molar-refractivity contribution in [3.63, 3.8) is 0 Å². The lowest BCUT2D eigenvalue weighted by molar-refractivity contribution is -0.0505. The third kappa shape index (κ3) is 2.34. The number of benzene rings is 1. The van der Waals surface area contributed by atoms with Crippen LogP contribution in [0.3, 0.4) is 0 Å². The Balaban J connectivity index is 3.36. The summed E-state index contributed by atoms with van der Waals surface area (Å²) in [6.45, 7) is -0.233. The van der Waals surface area contributed by atoms with Gasteiger partial charge >= 0.3 is 6.61 Å². The van der Waals surface area contributed by atoms with E-state index < -0.39 is 6.61 Å². The topological polar surface area (TPSA) is 50.1 Å². The summed E-state index contributed by atoms with van der Waals surface area (Å²) in [7, 11) is 0.